The van der Waals surface area contributed by atoms with Crippen molar-refractivity contribution in [1.82, 2.24) is 10.2 Å². The summed E-state index contributed by atoms with van der Waals surface area (Å²) in [6, 6.07) is 1.89. The Morgan fingerprint density at radius 1 is 1.12 bits per heavy atom. The molecule has 10 heteroatoms. The number of amides is 5. The maximum Gasteiger partial charge on any atom is 0.253 e. The smallest absolute Gasteiger partial charge is 0.253 e. The van der Waals surface area contributed by atoms with Crippen molar-refractivity contribution in [1.29, 1.82) is 0 Å². The van der Waals surface area contributed by atoms with E-state index in [9.17, 15) is 24.0 Å². The van der Waals surface area contributed by atoms with E-state index in [1.165, 1.54) is 28.4 Å². The maximum absolute atomic E-state index is 12.6. The van der Waals surface area contributed by atoms with Gasteiger partial charge in [0.15, 0.2) is 0 Å². The van der Waals surface area contributed by atoms with Crippen molar-refractivity contribution in [3.05, 3.63) is 34.5 Å². The van der Waals surface area contributed by atoms with E-state index in [1.54, 1.807) is 0 Å². The number of hydrogen-bond donors (Lipinski definition) is 3. The number of carbonyl (C=O) groups is 5. The fourth-order valence-corrected chi connectivity index (χ4v) is 5.30. The second kappa shape index (κ2) is 10.1. The Hall–Kier alpha value is -3.01. The molecule has 0 bridgehead atoms. The third-order valence-corrected chi connectivity index (χ3v) is 7.21. The van der Waals surface area contributed by atoms with Crippen molar-refractivity contribution < 1.29 is 24.0 Å². The first-order valence-corrected chi connectivity index (χ1v) is 11.6. The van der Waals surface area contributed by atoms with Gasteiger partial charge in [-0.25, -0.2) is 0 Å². The van der Waals surface area contributed by atoms with Gasteiger partial charge >= 0.3 is 0 Å². The predicted molar refractivity (Wildman–Crippen MR) is 118 cm³/mol. The van der Waals surface area contributed by atoms with Gasteiger partial charge in [0.2, 0.25) is 17.7 Å². The van der Waals surface area contributed by atoms with Crippen LogP contribution in [-0.4, -0.2) is 47.5 Å². The second-order valence-electron chi connectivity index (χ2n) is 8.28. The van der Waals surface area contributed by atoms with E-state index in [0.717, 1.165) is 12.0 Å². The molecule has 1 unspecified atom stereocenters. The van der Waals surface area contributed by atoms with Crippen LogP contribution in [0.5, 0.6) is 0 Å². The molecule has 1 aromatic heterocycles. The van der Waals surface area contributed by atoms with Gasteiger partial charge in [-0.05, 0) is 66.3 Å². The number of imide groups is 1. The zero-order valence-corrected chi connectivity index (χ0v) is 18.6. The fraction of sp³-hybridized carbons (Fsp3) is 0.500. The fourth-order valence-electron chi connectivity index (χ4n) is 4.58. The molecule has 2 heterocycles. The van der Waals surface area contributed by atoms with Crippen LogP contribution in [0.3, 0.4) is 0 Å². The average molecular weight is 461 g/mol. The van der Waals surface area contributed by atoms with E-state index >= 15 is 0 Å². The molecule has 5 N–H and O–H groups in total. The summed E-state index contributed by atoms with van der Waals surface area (Å²) >= 11 is 1.48. The number of unbranched alkanes of at least 4 members (excludes halogenated alkanes) is 2. The highest BCUT2D eigenvalue weighted by Gasteiger charge is 2.59. The molecule has 2 atom stereocenters. The highest BCUT2D eigenvalue weighted by molar-refractivity contribution is 7.08. The summed E-state index contributed by atoms with van der Waals surface area (Å²) in [4.78, 5) is 61.0. The zero-order chi connectivity index (χ0) is 23.3. The highest BCUT2D eigenvalue weighted by Crippen LogP contribution is 2.54. The Bertz CT molecular complexity index is 895. The van der Waals surface area contributed by atoms with Crippen molar-refractivity contribution in [2.24, 2.45) is 22.8 Å². The van der Waals surface area contributed by atoms with Gasteiger partial charge < -0.3 is 16.8 Å². The van der Waals surface area contributed by atoms with Crippen molar-refractivity contribution in [3.63, 3.8) is 0 Å². The summed E-state index contributed by atoms with van der Waals surface area (Å²) < 4.78 is 0. The molecule has 9 nitrogen and oxygen atoms in total. The number of hydrogen-bond acceptors (Lipinski definition) is 6. The number of nitrogens with two attached hydrogens (primary N) is 2. The zero-order valence-electron chi connectivity index (χ0n) is 17.7. The summed E-state index contributed by atoms with van der Waals surface area (Å²) in [5, 5.41) is 6.69. The molecule has 1 aromatic rings. The molecule has 0 radical (unpaired) electrons. The van der Waals surface area contributed by atoms with E-state index in [4.69, 9.17) is 11.5 Å². The van der Waals surface area contributed by atoms with E-state index < -0.39 is 23.1 Å². The van der Waals surface area contributed by atoms with Gasteiger partial charge in [-0.15, -0.1) is 0 Å². The molecule has 1 saturated carbocycles. The van der Waals surface area contributed by atoms with E-state index in [1.807, 2.05) is 16.8 Å². The Kier molecular flexibility index (Phi) is 7.44. The lowest BCUT2D eigenvalue weighted by molar-refractivity contribution is -0.154. The largest absolute Gasteiger partial charge is 0.369 e. The molecular formula is C22H28N4O5S. The summed E-state index contributed by atoms with van der Waals surface area (Å²) in [6.07, 6.45) is 5.68. The van der Waals surface area contributed by atoms with Gasteiger partial charge in [-0.3, -0.25) is 28.9 Å². The van der Waals surface area contributed by atoms with Crippen LogP contribution < -0.4 is 16.8 Å². The first-order chi connectivity index (χ1) is 15.3. The Morgan fingerprint density at radius 2 is 1.81 bits per heavy atom. The average Bonchev–Trinajstić information content (AvgIpc) is 3.34. The lowest BCUT2D eigenvalue weighted by Crippen LogP contribution is -2.60. The normalized spacial score (nSPS) is 20.1. The minimum Gasteiger partial charge on any atom is -0.369 e. The van der Waals surface area contributed by atoms with Crippen LogP contribution in [-0.2, 0) is 24.0 Å². The number of thiophene rings is 1. The standard InChI is InChI=1S/C22H28N4O5S/c23-20(30)22(21(24)31)8-6-16(22)15(14-7-11-32-13-14)12-17(27)25-9-2-1-3-10-26-18(28)4-5-19(26)29/h4-5,7,11,13,15-16H,1-3,6,8-10,12H2,(H2,23,30)(H2,24,31)(H,25,27)/t15-,16?/m0/s1. The van der Waals surface area contributed by atoms with Gasteiger partial charge in [0.25, 0.3) is 11.8 Å². The minimum absolute atomic E-state index is 0.131. The monoisotopic (exact) mass is 460 g/mol. The van der Waals surface area contributed by atoms with E-state index in [2.05, 4.69) is 5.32 Å². The van der Waals surface area contributed by atoms with Gasteiger partial charge in [0, 0.05) is 31.7 Å². The van der Waals surface area contributed by atoms with E-state index in [0.29, 0.717) is 38.8 Å². The predicted octanol–water partition coefficient (Wildman–Crippen LogP) is 0.800. The first kappa shape index (κ1) is 23.6. The first-order valence-electron chi connectivity index (χ1n) is 10.7. The van der Waals surface area contributed by atoms with Crippen LogP contribution in [0.4, 0.5) is 0 Å². The molecule has 0 spiro atoms. The number of primary amides is 2. The quantitative estimate of drug-likeness (QED) is 0.239. The molecular weight excluding hydrogens is 432 g/mol. The van der Waals surface area contributed by atoms with Crippen LogP contribution >= 0.6 is 11.3 Å². The highest BCUT2D eigenvalue weighted by atomic mass is 32.1. The summed E-state index contributed by atoms with van der Waals surface area (Å²) in [5.41, 5.74) is 10.6. The summed E-state index contributed by atoms with van der Waals surface area (Å²) in [6.45, 7) is 0.819. The van der Waals surface area contributed by atoms with E-state index in [-0.39, 0.29) is 30.1 Å². The second-order valence-corrected chi connectivity index (χ2v) is 9.06. The maximum atomic E-state index is 12.6. The Labute approximate surface area is 190 Å². The van der Waals surface area contributed by atoms with Crippen LogP contribution in [0.2, 0.25) is 0 Å². The topological polar surface area (TPSA) is 153 Å². The third kappa shape index (κ3) is 4.74. The van der Waals surface area contributed by atoms with Crippen molar-refractivity contribution in [2.75, 3.05) is 13.1 Å². The molecule has 1 aliphatic heterocycles. The Morgan fingerprint density at radius 3 is 2.34 bits per heavy atom. The number of rotatable bonds is 12. The molecule has 3 rings (SSSR count). The Balaban J connectivity index is 1.49. The molecule has 0 saturated heterocycles. The van der Waals surface area contributed by atoms with Crippen molar-refractivity contribution in [2.45, 2.75) is 44.4 Å². The van der Waals surface area contributed by atoms with Crippen molar-refractivity contribution in [3.8, 4) is 0 Å². The lowest BCUT2D eigenvalue weighted by Gasteiger charge is -2.48. The SMILES string of the molecule is NC(=O)C1(C(N)=O)CCC1[C@@H](CC(=O)NCCCCCN1C(=O)C=CC1=O)c1ccsc1. The molecule has 1 fully saturated rings. The van der Waals surface area contributed by atoms with Crippen LogP contribution in [0, 0.1) is 11.3 Å². The lowest BCUT2D eigenvalue weighted by atomic mass is 9.53. The molecule has 2 aliphatic rings. The van der Waals surface area contributed by atoms with Crippen molar-refractivity contribution >= 4 is 40.9 Å². The van der Waals surface area contributed by atoms with Gasteiger partial charge in [-0.2, -0.15) is 11.3 Å². The molecule has 172 valence electrons. The van der Waals surface area contributed by atoms with Crippen LogP contribution in [0.1, 0.15) is 50.0 Å². The third-order valence-electron chi connectivity index (χ3n) is 6.51. The number of carbonyl (C=O) groups excluding carboxylic acids is 5. The summed E-state index contributed by atoms with van der Waals surface area (Å²) in [5.74, 6) is -2.94. The summed E-state index contributed by atoms with van der Waals surface area (Å²) in [7, 11) is 0. The number of nitrogens with zero attached hydrogens (tertiary/aromatic N) is 1. The van der Waals surface area contributed by atoms with Crippen LogP contribution in [0.25, 0.3) is 0 Å². The van der Waals surface area contributed by atoms with Gasteiger partial charge in [-0.1, -0.05) is 0 Å². The molecule has 1 aliphatic carbocycles. The van der Waals surface area contributed by atoms with Crippen LogP contribution in [0.15, 0.2) is 29.0 Å². The van der Waals surface area contributed by atoms with Gasteiger partial charge in [0.05, 0.1) is 0 Å². The number of nitrogens with one attached hydrogen (secondary N) is 1. The molecule has 0 aromatic carbocycles. The molecule has 5 amide bonds. The minimum atomic E-state index is -1.41. The van der Waals surface area contributed by atoms with Gasteiger partial charge in [0.1, 0.15) is 5.41 Å². The molecule has 32 heavy (non-hydrogen) atoms.